The molecule has 1 aromatic rings. The van der Waals surface area contributed by atoms with Crippen molar-refractivity contribution >= 4 is 5.78 Å². The lowest BCUT2D eigenvalue weighted by Gasteiger charge is -2.31. The third-order valence-corrected chi connectivity index (χ3v) is 3.53. The zero-order chi connectivity index (χ0) is 14.8. The van der Waals surface area contributed by atoms with Crippen molar-refractivity contribution < 1.29 is 22.7 Å². The lowest BCUT2D eigenvalue weighted by Crippen LogP contribution is -2.49. The van der Waals surface area contributed by atoms with Crippen LogP contribution < -0.4 is 10.5 Å². The normalized spacial score (nSPS) is 18.6. The van der Waals surface area contributed by atoms with E-state index < -0.39 is 17.7 Å². The third kappa shape index (κ3) is 3.50. The van der Waals surface area contributed by atoms with Crippen LogP contribution in [0.25, 0.3) is 0 Å². The lowest BCUT2D eigenvalue weighted by atomic mass is 9.77. The van der Waals surface area contributed by atoms with Gasteiger partial charge in [0.05, 0.1) is 5.54 Å². The Kier molecular flexibility index (Phi) is 4.04. The quantitative estimate of drug-likeness (QED) is 0.866. The highest BCUT2D eigenvalue weighted by Gasteiger charge is 2.36. The Balaban J connectivity index is 2.20. The third-order valence-electron chi connectivity index (χ3n) is 3.53. The number of nitrogens with two attached hydrogens (primary N) is 1. The molecule has 0 unspecified atom stereocenters. The molecule has 0 aliphatic heterocycles. The van der Waals surface area contributed by atoms with Crippen LogP contribution in [0.15, 0.2) is 24.3 Å². The Bertz CT molecular complexity index is 493. The van der Waals surface area contributed by atoms with Gasteiger partial charge in [-0.25, -0.2) is 0 Å². The molecule has 2 N–H and O–H groups in total. The number of ketones is 1. The Labute approximate surface area is 114 Å². The zero-order valence-corrected chi connectivity index (χ0v) is 10.9. The van der Waals surface area contributed by atoms with Gasteiger partial charge in [0, 0.05) is 5.56 Å². The molecular weight excluding hydrogens is 271 g/mol. The predicted molar refractivity (Wildman–Crippen MR) is 67.5 cm³/mol. The van der Waals surface area contributed by atoms with Gasteiger partial charge < -0.3 is 10.5 Å². The average molecular weight is 287 g/mol. The summed E-state index contributed by atoms with van der Waals surface area (Å²) in [5, 5.41) is 0. The standard InChI is InChI=1S/C14H16F3NO2/c15-14(16,17)20-11-6-4-5-10(9-11)12(19)13(18)7-2-1-3-8-13/h4-6,9H,1-3,7-8,18H2. The summed E-state index contributed by atoms with van der Waals surface area (Å²) >= 11 is 0. The number of ether oxygens (including phenoxy) is 1. The van der Waals surface area contributed by atoms with Crippen LogP contribution in [0, 0.1) is 0 Å². The summed E-state index contributed by atoms with van der Waals surface area (Å²) in [6.07, 6.45) is -0.884. The number of rotatable bonds is 3. The van der Waals surface area contributed by atoms with Gasteiger partial charge in [0.15, 0.2) is 5.78 Å². The van der Waals surface area contributed by atoms with Crippen molar-refractivity contribution in [3.05, 3.63) is 29.8 Å². The summed E-state index contributed by atoms with van der Waals surface area (Å²) in [6, 6.07) is 5.09. The molecule has 1 aromatic carbocycles. The molecule has 0 amide bonds. The smallest absolute Gasteiger partial charge is 0.406 e. The fraction of sp³-hybridized carbons (Fsp3) is 0.500. The second kappa shape index (κ2) is 5.44. The maximum absolute atomic E-state index is 12.4. The van der Waals surface area contributed by atoms with Gasteiger partial charge in [-0.3, -0.25) is 4.79 Å². The first-order chi connectivity index (χ1) is 9.30. The van der Waals surface area contributed by atoms with Crippen molar-refractivity contribution in [2.75, 3.05) is 0 Å². The highest BCUT2D eigenvalue weighted by atomic mass is 19.4. The number of hydrogen-bond acceptors (Lipinski definition) is 3. The van der Waals surface area contributed by atoms with Crippen LogP contribution >= 0.6 is 0 Å². The number of carbonyl (C=O) groups excluding carboxylic acids is 1. The van der Waals surface area contributed by atoms with Crippen molar-refractivity contribution in [2.24, 2.45) is 5.73 Å². The van der Waals surface area contributed by atoms with Crippen LogP contribution in [-0.2, 0) is 0 Å². The molecule has 0 heterocycles. The molecule has 1 aliphatic rings. The number of hydrogen-bond donors (Lipinski definition) is 1. The van der Waals surface area contributed by atoms with E-state index in [2.05, 4.69) is 4.74 Å². The Morgan fingerprint density at radius 1 is 1.20 bits per heavy atom. The molecule has 0 saturated heterocycles. The van der Waals surface area contributed by atoms with E-state index in [9.17, 15) is 18.0 Å². The summed E-state index contributed by atoms with van der Waals surface area (Å²) in [4.78, 5) is 12.4. The summed E-state index contributed by atoms with van der Waals surface area (Å²) in [5.41, 5.74) is 5.30. The molecule has 2 rings (SSSR count). The minimum atomic E-state index is -4.77. The van der Waals surface area contributed by atoms with Crippen LogP contribution in [0.2, 0.25) is 0 Å². The molecule has 20 heavy (non-hydrogen) atoms. The van der Waals surface area contributed by atoms with E-state index in [4.69, 9.17) is 5.73 Å². The summed E-state index contributed by atoms with van der Waals surface area (Å²) in [5.74, 6) is -0.715. The molecule has 1 aliphatic carbocycles. The minimum Gasteiger partial charge on any atom is -0.406 e. The van der Waals surface area contributed by atoms with E-state index in [1.807, 2.05) is 0 Å². The SMILES string of the molecule is NC1(C(=O)c2cccc(OC(F)(F)F)c2)CCCCC1. The minimum absolute atomic E-state index is 0.163. The number of benzene rings is 1. The fourth-order valence-corrected chi connectivity index (χ4v) is 2.53. The second-order valence-electron chi connectivity index (χ2n) is 5.12. The monoisotopic (exact) mass is 287 g/mol. The molecule has 0 spiro atoms. The van der Waals surface area contributed by atoms with Crippen molar-refractivity contribution in [1.82, 2.24) is 0 Å². The van der Waals surface area contributed by atoms with Gasteiger partial charge >= 0.3 is 6.36 Å². The fourth-order valence-electron chi connectivity index (χ4n) is 2.53. The van der Waals surface area contributed by atoms with Crippen LogP contribution in [0.4, 0.5) is 13.2 Å². The summed E-state index contributed by atoms with van der Waals surface area (Å²) in [7, 11) is 0. The lowest BCUT2D eigenvalue weighted by molar-refractivity contribution is -0.274. The molecular formula is C14H16F3NO2. The van der Waals surface area contributed by atoms with Crippen LogP contribution in [-0.4, -0.2) is 17.7 Å². The molecule has 0 aromatic heterocycles. The molecule has 0 atom stereocenters. The van der Waals surface area contributed by atoms with Crippen LogP contribution in [0.5, 0.6) is 5.75 Å². The van der Waals surface area contributed by atoms with E-state index >= 15 is 0 Å². The molecule has 1 saturated carbocycles. The van der Waals surface area contributed by atoms with E-state index in [0.717, 1.165) is 31.4 Å². The molecule has 1 fully saturated rings. The zero-order valence-electron chi connectivity index (χ0n) is 10.9. The van der Waals surface area contributed by atoms with E-state index in [1.54, 1.807) is 0 Å². The molecule has 0 radical (unpaired) electrons. The highest BCUT2D eigenvalue weighted by Crippen LogP contribution is 2.30. The average Bonchev–Trinajstić information content (AvgIpc) is 2.37. The van der Waals surface area contributed by atoms with Gasteiger partial charge in [-0.2, -0.15) is 0 Å². The maximum atomic E-state index is 12.4. The largest absolute Gasteiger partial charge is 0.573 e. The van der Waals surface area contributed by atoms with Gasteiger partial charge in [-0.05, 0) is 25.0 Å². The van der Waals surface area contributed by atoms with Crippen molar-refractivity contribution in [1.29, 1.82) is 0 Å². The number of alkyl halides is 3. The second-order valence-corrected chi connectivity index (χ2v) is 5.12. The van der Waals surface area contributed by atoms with Crippen LogP contribution in [0.3, 0.4) is 0 Å². The molecule has 6 heteroatoms. The Hall–Kier alpha value is -1.56. The van der Waals surface area contributed by atoms with Gasteiger partial charge in [0.1, 0.15) is 5.75 Å². The summed E-state index contributed by atoms with van der Waals surface area (Å²) < 4.78 is 40.3. The van der Waals surface area contributed by atoms with E-state index in [0.29, 0.717) is 12.8 Å². The Morgan fingerprint density at radius 2 is 1.85 bits per heavy atom. The molecule has 0 bridgehead atoms. The predicted octanol–water partition coefficient (Wildman–Crippen LogP) is 3.43. The van der Waals surface area contributed by atoms with Gasteiger partial charge in [0.25, 0.3) is 0 Å². The van der Waals surface area contributed by atoms with Crippen molar-refractivity contribution in [3.8, 4) is 5.75 Å². The van der Waals surface area contributed by atoms with Gasteiger partial charge in [-0.15, -0.1) is 13.2 Å². The maximum Gasteiger partial charge on any atom is 0.573 e. The van der Waals surface area contributed by atoms with Gasteiger partial charge in [-0.1, -0.05) is 31.4 Å². The highest BCUT2D eigenvalue weighted by molar-refractivity contribution is 6.03. The first-order valence-corrected chi connectivity index (χ1v) is 6.50. The van der Waals surface area contributed by atoms with Gasteiger partial charge in [0.2, 0.25) is 0 Å². The molecule has 3 nitrogen and oxygen atoms in total. The summed E-state index contributed by atoms with van der Waals surface area (Å²) in [6.45, 7) is 0. The van der Waals surface area contributed by atoms with E-state index in [1.165, 1.54) is 12.1 Å². The number of halogens is 3. The van der Waals surface area contributed by atoms with E-state index in [-0.39, 0.29) is 11.3 Å². The number of Topliss-reactive ketones (excluding diaryl/α,β-unsaturated/α-hetero) is 1. The Morgan fingerprint density at radius 3 is 2.45 bits per heavy atom. The first kappa shape index (κ1) is 14.8. The van der Waals surface area contributed by atoms with Crippen LogP contribution in [0.1, 0.15) is 42.5 Å². The molecule has 110 valence electrons. The van der Waals surface area contributed by atoms with Crippen molar-refractivity contribution in [2.45, 2.75) is 44.0 Å². The number of carbonyl (C=O) groups is 1. The topological polar surface area (TPSA) is 52.3 Å². The van der Waals surface area contributed by atoms with Crippen molar-refractivity contribution in [3.63, 3.8) is 0 Å². The first-order valence-electron chi connectivity index (χ1n) is 6.50.